The van der Waals surface area contributed by atoms with Gasteiger partial charge in [-0.3, -0.25) is 4.79 Å². The van der Waals surface area contributed by atoms with Crippen molar-refractivity contribution in [3.8, 4) is 5.75 Å². The molecule has 0 radical (unpaired) electrons. The first kappa shape index (κ1) is 17.3. The number of carbonyl (C=O) groups excluding carboxylic acids is 2. The Labute approximate surface area is 134 Å². The highest BCUT2D eigenvalue weighted by molar-refractivity contribution is 5.96. The van der Waals surface area contributed by atoms with E-state index >= 15 is 0 Å². The van der Waals surface area contributed by atoms with Crippen LogP contribution in [0, 0.1) is 0 Å². The standard InChI is InChI=1S/C16H12F3NO4/c17-16(18,19)13-4-2-1-3-12(13)15(23)24-9-14(22)20-10-5-7-11(21)8-6-10/h1-8,21H,9H2,(H,20,22). The first-order chi connectivity index (χ1) is 11.3. The number of anilines is 1. The molecule has 0 aromatic heterocycles. The van der Waals surface area contributed by atoms with Crippen molar-refractivity contribution in [2.45, 2.75) is 6.18 Å². The average molecular weight is 339 g/mol. The number of esters is 1. The number of aromatic hydroxyl groups is 1. The number of phenolic OH excluding ortho intramolecular Hbond substituents is 1. The van der Waals surface area contributed by atoms with Crippen molar-refractivity contribution in [2.24, 2.45) is 0 Å². The van der Waals surface area contributed by atoms with Crippen molar-refractivity contribution in [3.05, 3.63) is 59.7 Å². The Morgan fingerprint density at radius 3 is 2.29 bits per heavy atom. The minimum atomic E-state index is -4.70. The van der Waals surface area contributed by atoms with Crippen LogP contribution >= 0.6 is 0 Å². The topological polar surface area (TPSA) is 75.6 Å². The molecule has 2 aromatic carbocycles. The zero-order chi connectivity index (χ0) is 17.7. The van der Waals surface area contributed by atoms with Crippen molar-refractivity contribution < 1.29 is 32.6 Å². The van der Waals surface area contributed by atoms with Gasteiger partial charge in [0.25, 0.3) is 5.91 Å². The van der Waals surface area contributed by atoms with Crippen LogP contribution < -0.4 is 5.32 Å². The number of alkyl halides is 3. The van der Waals surface area contributed by atoms with E-state index < -0.39 is 35.8 Å². The molecule has 0 unspecified atom stereocenters. The van der Waals surface area contributed by atoms with Gasteiger partial charge in [-0.25, -0.2) is 4.79 Å². The van der Waals surface area contributed by atoms with Crippen LogP contribution in [0.15, 0.2) is 48.5 Å². The van der Waals surface area contributed by atoms with Gasteiger partial charge in [-0.15, -0.1) is 0 Å². The largest absolute Gasteiger partial charge is 0.508 e. The Kier molecular flexibility index (Phi) is 5.08. The quantitative estimate of drug-likeness (QED) is 0.662. The number of halogens is 3. The second-order valence-corrected chi connectivity index (χ2v) is 4.71. The summed E-state index contributed by atoms with van der Waals surface area (Å²) in [4.78, 5) is 23.4. The summed E-state index contributed by atoms with van der Waals surface area (Å²) in [6.07, 6.45) is -4.70. The van der Waals surface area contributed by atoms with Crippen LogP contribution in [-0.2, 0) is 15.7 Å². The first-order valence-electron chi connectivity index (χ1n) is 6.69. The molecule has 126 valence electrons. The number of amides is 1. The van der Waals surface area contributed by atoms with Gasteiger partial charge >= 0.3 is 12.1 Å². The summed E-state index contributed by atoms with van der Waals surface area (Å²) in [5.74, 6) is -1.97. The number of ether oxygens (including phenoxy) is 1. The number of nitrogens with one attached hydrogen (secondary N) is 1. The predicted molar refractivity (Wildman–Crippen MR) is 78.5 cm³/mol. The van der Waals surface area contributed by atoms with Crippen LogP contribution in [0.5, 0.6) is 5.75 Å². The Morgan fingerprint density at radius 1 is 1.04 bits per heavy atom. The molecule has 1 amide bonds. The molecule has 2 rings (SSSR count). The third-order valence-electron chi connectivity index (χ3n) is 2.94. The van der Waals surface area contributed by atoms with E-state index in [1.54, 1.807) is 0 Å². The van der Waals surface area contributed by atoms with Gasteiger partial charge in [-0.1, -0.05) is 12.1 Å². The van der Waals surface area contributed by atoms with Crippen molar-refractivity contribution in [1.82, 2.24) is 0 Å². The molecule has 2 aromatic rings. The van der Waals surface area contributed by atoms with Gasteiger partial charge in [0, 0.05) is 5.69 Å². The molecule has 0 heterocycles. The summed E-state index contributed by atoms with van der Waals surface area (Å²) in [7, 11) is 0. The number of hydrogen-bond donors (Lipinski definition) is 2. The maximum Gasteiger partial charge on any atom is 0.417 e. The molecule has 0 aliphatic carbocycles. The van der Waals surface area contributed by atoms with Crippen LogP contribution in [0.3, 0.4) is 0 Å². The second-order valence-electron chi connectivity index (χ2n) is 4.71. The molecular formula is C16H12F3NO4. The minimum absolute atomic E-state index is 0.00295. The third kappa shape index (κ3) is 4.48. The smallest absolute Gasteiger partial charge is 0.417 e. The van der Waals surface area contributed by atoms with Gasteiger partial charge in [-0.05, 0) is 36.4 Å². The summed E-state index contributed by atoms with van der Waals surface area (Å²) in [5, 5.41) is 11.5. The van der Waals surface area contributed by atoms with Crippen LogP contribution in [0.4, 0.5) is 18.9 Å². The number of benzene rings is 2. The maximum absolute atomic E-state index is 12.8. The Morgan fingerprint density at radius 2 is 1.67 bits per heavy atom. The van der Waals surface area contributed by atoms with Gasteiger partial charge in [0.15, 0.2) is 6.61 Å². The molecule has 2 N–H and O–H groups in total. The Hall–Kier alpha value is -3.03. The summed E-state index contributed by atoms with van der Waals surface area (Å²) in [5.41, 5.74) is -1.46. The van der Waals surface area contributed by atoms with Gasteiger partial charge in [0.2, 0.25) is 0 Å². The summed E-state index contributed by atoms with van der Waals surface area (Å²) in [6.45, 7) is -0.744. The lowest BCUT2D eigenvalue weighted by Gasteiger charge is -2.12. The number of phenols is 1. The van der Waals surface area contributed by atoms with E-state index in [1.807, 2.05) is 0 Å². The van der Waals surface area contributed by atoms with Gasteiger partial charge in [-0.2, -0.15) is 13.2 Å². The van der Waals surface area contributed by atoms with Gasteiger partial charge in [0.05, 0.1) is 11.1 Å². The monoisotopic (exact) mass is 339 g/mol. The summed E-state index contributed by atoms with van der Waals surface area (Å²) < 4.78 is 43.1. The van der Waals surface area contributed by atoms with E-state index in [2.05, 4.69) is 10.1 Å². The van der Waals surface area contributed by atoms with Crippen molar-refractivity contribution in [3.63, 3.8) is 0 Å². The lowest BCUT2D eigenvalue weighted by Crippen LogP contribution is -2.22. The zero-order valence-electron chi connectivity index (χ0n) is 12.1. The van der Waals surface area contributed by atoms with Crippen LogP contribution in [0.25, 0.3) is 0 Å². The normalized spacial score (nSPS) is 11.0. The molecule has 8 heteroatoms. The van der Waals surface area contributed by atoms with E-state index in [-0.39, 0.29) is 5.75 Å². The van der Waals surface area contributed by atoms with E-state index in [0.29, 0.717) is 5.69 Å². The highest BCUT2D eigenvalue weighted by atomic mass is 19.4. The molecule has 0 aliphatic heterocycles. The average Bonchev–Trinajstić information content (AvgIpc) is 2.54. The number of carbonyl (C=O) groups is 2. The molecule has 0 saturated carbocycles. The fourth-order valence-corrected chi connectivity index (χ4v) is 1.86. The van der Waals surface area contributed by atoms with Gasteiger partial charge in [0.1, 0.15) is 5.75 Å². The summed E-state index contributed by atoms with van der Waals surface area (Å²) >= 11 is 0. The predicted octanol–water partition coefficient (Wildman–Crippen LogP) is 3.21. The van der Waals surface area contributed by atoms with Gasteiger partial charge < -0.3 is 15.2 Å². The number of hydrogen-bond acceptors (Lipinski definition) is 4. The lowest BCUT2D eigenvalue weighted by molar-refractivity contribution is -0.138. The zero-order valence-corrected chi connectivity index (χ0v) is 12.1. The Bertz CT molecular complexity index is 742. The second kappa shape index (κ2) is 7.03. The highest BCUT2D eigenvalue weighted by Gasteiger charge is 2.35. The Balaban J connectivity index is 1.98. The molecule has 0 aliphatic rings. The lowest BCUT2D eigenvalue weighted by atomic mass is 10.1. The number of rotatable bonds is 4. The molecule has 0 spiro atoms. The fraction of sp³-hybridized carbons (Fsp3) is 0.125. The fourth-order valence-electron chi connectivity index (χ4n) is 1.86. The molecular weight excluding hydrogens is 327 g/mol. The maximum atomic E-state index is 12.8. The third-order valence-corrected chi connectivity index (χ3v) is 2.94. The summed E-state index contributed by atoms with van der Waals surface area (Å²) in [6, 6.07) is 9.64. The van der Waals surface area contributed by atoms with Crippen molar-refractivity contribution >= 4 is 17.6 Å². The SMILES string of the molecule is O=C(COC(=O)c1ccccc1C(F)(F)F)Nc1ccc(O)cc1. The van der Waals surface area contributed by atoms with E-state index in [4.69, 9.17) is 5.11 Å². The molecule has 0 bridgehead atoms. The molecule has 24 heavy (non-hydrogen) atoms. The van der Waals surface area contributed by atoms with E-state index in [1.165, 1.54) is 30.3 Å². The molecule has 0 saturated heterocycles. The first-order valence-corrected chi connectivity index (χ1v) is 6.69. The molecule has 0 atom stereocenters. The van der Waals surface area contributed by atoms with Crippen LogP contribution in [-0.4, -0.2) is 23.6 Å². The van der Waals surface area contributed by atoms with Crippen molar-refractivity contribution in [2.75, 3.05) is 11.9 Å². The van der Waals surface area contributed by atoms with Crippen molar-refractivity contribution in [1.29, 1.82) is 0 Å². The van der Waals surface area contributed by atoms with Crippen LogP contribution in [0.2, 0.25) is 0 Å². The minimum Gasteiger partial charge on any atom is -0.508 e. The van der Waals surface area contributed by atoms with E-state index in [9.17, 15) is 22.8 Å². The van der Waals surface area contributed by atoms with E-state index in [0.717, 1.165) is 18.2 Å². The highest BCUT2D eigenvalue weighted by Crippen LogP contribution is 2.32. The molecule has 5 nitrogen and oxygen atoms in total. The molecule has 0 fully saturated rings. The van der Waals surface area contributed by atoms with Crippen LogP contribution in [0.1, 0.15) is 15.9 Å².